The lowest BCUT2D eigenvalue weighted by Crippen LogP contribution is -2.07. The fraction of sp³-hybridized carbons (Fsp3) is 0.833. The molecule has 1 saturated carbocycles. The normalized spacial score (nSPS) is 50.6. The second-order valence-electron chi connectivity index (χ2n) is 2.65. The van der Waals surface area contributed by atoms with Gasteiger partial charge in [0.15, 0.2) is 0 Å². The summed E-state index contributed by atoms with van der Waals surface area (Å²) >= 11 is 0. The highest BCUT2D eigenvalue weighted by atomic mass is 16.6. The van der Waals surface area contributed by atoms with Crippen LogP contribution in [-0.2, 0) is 9.53 Å². The van der Waals surface area contributed by atoms with Crippen LogP contribution in [-0.4, -0.2) is 12.1 Å². The zero-order valence-electron chi connectivity index (χ0n) is 4.76. The number of hydrogen-bond donors (Lipinski definition) is 0. The summed E-state index contributed by atoms with van der Waals surface area (Å²) in [4.78, 5) is 10.6. The van der Waals surface area contributed by atoms with Gasteiger partial charge in [0.1, 0.15) is 6.10 Å². The van der Waals surface area contributed by atoms with E-state index in [9.17, 15) is 4.79 Å². The number of ether oxygens (including phenoxy) is 1. The summed E-state index contributed by atoms with van der Waals surface area (Å²) in [5.41, 5.74) is 0. The summed E-state index contributed by atoms with van der Waals surface area (Å²) in [6, 6.07) is 0. The second kappa shape index (κ2) is 1.07. The van der Waals surface area contributed by atoms with E-state index in [1.807, 2.05) is 6.92 Å². The van der Waals surface area contributed by atoms with Gasteiger partial charge in [-0.25, -0.2) is 0 Å². The lowest BCUT2D eigenvalue weighted by atomic mass is 10.2. The van der Waals surface area contributed by atoms with Crippen LogP contribution in [0.25, 0.3) is 0 Å². The monoisotopic (exact) mass is 112 g/mol. The number of cyclic esters (lactones) is 1. The molecule has 3 atom stereocenters. The van der Waals surface area contributed by atoms with Gasteiger partial charge in [-0.3, -0.25) is 4.79 Å². The van der Waals surface area contributed by atoms with Crippen LogP contribution in [0, 0.1) is 11.8 Å². The van der Waals surface area contributed by atoms with Crippen molar-refractivity contribution in [1.82, 2.24) is 0 Å². The third-order valence-corrected chi connectivity index (χ3v) is 2.05. The first-order chi connectivity index (χ1) is 3.79. The number of esters is 1. The van der Waals surface area contributed by atoms with Crippen molar-refractivity contribution in [2.75, 3.05) is 0 Å². The maximum atomic E-state index is 10.6. The minimum absolute atomic E-state index is 0.0301. The first kappa shape index (κ1) is 4.36. The molecule has 0 N–H and O–H groups in total. The van der Waals surface area contributed by atoms with Crippen molar-refractivity contribution in [3.8, 4) is 0 Å². The van der Waals surface area contributed by atoms with Gasteiger partial charge in [0.25, 0.3) is 0 Å². The molecule has 0 aromatic carbocycles. The first-order valence-electron chi connectivity index (χ1n) is 2.99. The van der Waals surface area contributed by atoms with Gasteiger partial charge in [-0.2, -0.15) is 0 Å². The number of rotatable bonds is 0. The Labute approximate surface area is 47.8 Å². The molecule has 8 heavy (non-hydrogen) atoms. The predicted molar refractivity (Wildman–Crippen MR) is 27.2 cm³/mol. The molecule has 0 aromatic heterocycles. The Morgan fingerprint density at radius 1 is 1.75 bits per heavy atom. The highest BCUT2D eigenvalue weighted by Gasteiger charge is 2.54. The van der Waals surface area contributed by atoms with Crippen molar-refractivity contribution < 1.29 is 9.53 Å². The maximum Gasteiger partial charge on any atom is 0.309 e. The van der Waals surface area contributed by atoms with E-state index < -0.39 is 0 Å². The van der Waals surface area contributed by atoms with Crippen molar-refractivity contribution >= 4 is 5.97 Å². The number of carbonyl (C=O) groups is 1. The molecule has 2 nitrogen and oxygen atoms in total. The fourth-order valence-electron chi connectivity index (χ4n) is 1.36. The van der Waals surface area contributed by atoms with Crippen LogP contribution in [0.1, 0.15) is 13.3 Å². The number of hydrogen-bond acceptors (Lipinski definition) is 2. The third kappa shape index (κ3) is 0.358. The number of carbonyl (C=O) groups excluding carboxylic acids is 1. The molecule has 0 unspecified atom stereocenters. The van der Waals surface area contributed by atoms with Gasteiger partial charge >= 0.3 is 5.97 Å². The summed E-state index contributed by atoms with van der Waals surface area (Å²) in [5, 5.41) is 0. The maximum absolute atomic E-state index is 10.6. The smallest absolute Gasteiger partial charge is 0.309 e. The molecule has 44 valence electrons. The zero-order chi connectivity index (χ0) is 5.72. The lowest BCUT2D eigenvalue weighted by Gasteiger charge is -2.02. The van der Waals surface area contributed by atoms with Gasteiger partial charge in [0, 0.05) is 5.92 Å². The summed E-state index contributed by atoms with van der Waals surface area (Å²) in [7, 11) is 0. The SMILES string of the molecule is C[C@H]1OC(=O)[C@@H]2C[C@H]12. The molecule has 1 aliphatic heterocycles. The van der Waals surface area contributed by atoms with Crippen LogP contribution < -0.4 is 0 Å². The predicted octanol–water partition coefficient (Wildman–Crippen LogP) is 0.568. The van der Waals surface area contributed by atoms with Gasteiger partial charge in [-0.15, -0.1) is 0 Å². The van der Waals surface area contributed by atoms with Gasteiger partial charge < -0.3 is 4.74 Å². The van der Waals surface area contributed by atoms with Crippen LogP contribution in [0.3, 0.4) is 0 Å². The molecule has 0 spiro atoms. The Morgan fingerprint density at radius 2 is 2.50 bits per heavy atom. The highest BCUT2D eigenvalue weighted by molar-refractivity contribution is 5.78. The van der Waals surface area contributed by atoms with Gasteiger partial charge in [0.05, 0.1) is 5.92 Å². The van der Waals surface area contributed by atoms with E-state index in [2.05, 4.69) is 0 Å². The largest absolute Gasteiger partial charge is 0.462 e. The van der Waals surface area contributed by atoms with E-state index in [0.717, 1.165) is 6.42 Å². The minimum atomic E-state index is 0.0301. The van der Waals surface area contributed by atoms with Crippen molar-refractivity contribution in [3.63, 3.8) is 0 Å². The summed E-state index contributed by atoms with van der Waals surface area (Å²) < 4.78 is 4.88. The van der Waals surface area contributed by atoms with Crippen LogP contribution in [0.2, 0.25) is 0 Å². The standard InChI is InChI=1S/C6H8O2/c1-3-4-2-5(4)6(7)8-3/h3-5H,2H2,1H3/t3-,4-,5-/m1/s1. The average molecular weight is 112 g/mol. The molecular formula is C6H8O2. The molecule has 0 aromatic rings. The quantitative estimate of drug-likeness (QED) is 0.428. The van der Waals surface area contributed by atoms with E-state index >= 15 is 0 Å². The molecular weight excluding hydrogens is 104 g/mol. The topological polar surface area (TPSA) is 26.3 Å². The lowest BCUT2D eigenvalue weighted by molar-refractivity contribution is -0.144. The van der Waals surface area contributed by atoms with Crippen LogP contribution in [0.15, 0.2) is 0 Å². The van der Waals surface area contributed by atoms with E-state index in [0.29, 0.717) is 11.8 Å². The number of fused-ring (bicyclic) bond motifs is 1. The Hall–Kier alpha value is -0.530. The zero-order valence-corrected chi connectivity index (χ0v) is 4.76. The van der Waals surface area contributed by atoms with Crippen LogP contribution in [0.5, 0.6) is 0 Å². The molecule has 1 heterocycles. The van der Waals surface area contributed by atoms with Gasteiger partial charge in [-0.05, 0) is 13.3 Å². The Bertz CT molecular complexity index is 141. The Morgan fingerprint density at radius 3 is 2.62 bits per heavy atom. The van der Waals surface area contributed by atoms with Crippen LogP contribution in [0.4, 0.5) is 0 Å². The summed E-state index contributed by atoms with van der Waals surface area (Å²) in [5.74, 6) is 0.912. The van der Waals surface area contributed by atoms with Gasteiger partial charge in [-0.1, -0.05) is 0 Å². The fourth-order valence-corrected chi connectivity index (χ4v) is 1.36. The van der Waals surface area contributed by atoms with E-state index in [1.165, 1.54) is 0 Å². The molecule has 0 bridgehead atoms. The van der Waals surface area contributed by atoms with E-state index in [4.69, 9.17) is 4.74 Å². The van der Waals surface area contributed by atoms with Crippen LogP contribution >= 0.6 is 0 Å². The van der Waals surface area contributed by atoms with Crippen molar-refractivity contribution in [2.45, 2.75) is 19.4 Å². The van der Waals surface area contributed by atoms with Crippen molar-refractivity contribution in [3.05, 3.63) is 0 Å². The molecule has 2 rings (SSSR count). The molecule has 2 fully saturated rings. The molecule has 0 amide bonds. The molecule has 2 heteroatoms. The minimum Gasteiger partial charge on any atom is -0.462 e. The molecule has 1 saturated heterocycles. The Balaban J connectivity index is 2.19. The third-order valence-electron chi connectivity index (χ3n) is 2.05. The second-order valence-corrected chi connectivity index (χ2v) is 2.65. The summed E-state index contributed by atoms with van der Waals surface area (Å²) in [6.45, 7) is 1.97. The molecule has 0 radical (unpaired) electrons. The average Bonchev–Trinajstić information content (AvgIpc) is 2.35. The summed E-state index contributed by atoms with van der Waals surface area (Å²) in [6.07, 6.45) is 1.30. The first-order valence-corrected chi connectivity index (χ1v) is 2.99. The van der Waals surface area contributed by atoms with E-state index in [1.54, 1.807) is 0 Å². The highest BCUT2D eigenvalue weighted by Crippen LogP contribution is 2.48. The molecule has 1 aliphatic carbocycles. The molecule has 2 aliphatic rings. The van der Waals surface area contributed by atoms with E-state index in [-0.39, 0.29) is 12.1 Å². The van der Waals surface area contributed by atoms with Crippen molar-refractivity contribution in [2.24, 2.45) is 11.8 Å². The van der Waals surface area contributed by atoms with Gasteiger partial charge in [0.2, 0.25) is 0 Å². The van der Waals surface area contributed by atoms with Crippen molar-refractivity contribution in [1.29, 1.82) is 0 Å². The Kier molecular flexibility index (Phi) is 0.581.